The van der Waals surface area contributed by atoms with Crippen molar-refractivity contribution >= 4 is 48.6 Å². The maximum atomic E-state index is 9.63. The second kappa shape index (κ2) is 13.6. The molecule has 2 heteroatoms. The Hall–Kier alpha value is -7.00. The van der Waals surface area contributed by atoms with Crippen molar-refractivity contribution in [3.8, 4) is 33.4 Å². The van der Waals surface area contributed by atoms with E-state index in [4.69, 9.17) is 2.74 Å². The van der Waals surface area contributed by atoms with Crippen LogP contribution in [0.5, 0.6) is 0 Å². The van der Waals surface area contributed by atoms with Crippen LogP contribution in [-0.4, -0.2) is 0 Å². The SMILES string of the molecule is [2H]c1c([2H])c([2H])c(N(c2ccc(-c3ccc4sc5ccccc5c4c3)cc2)c2ccc3c(c2)C(c2ccccc2)(c2ccccc2)c2ccccc2-3)c(-c2ccccc2)c1[2H]. The van der Waals surface area contributed by atoms with E-state index < -0.39 is 5.41 Å². The van der Waals surface area contributed by atoms with E-state index in [0.717, 1.165) is 50.3 Å². The van der Waals surface area contributed by atoms with E-state index in [1.165, 1.54) is 25.7 Å². The molecule has 0 saturated carbocycles. The van der Waals surface area contributed by atoms with E-state index in [9.17, 15) is 2.74 Å². The predicted molar refractivity (Wildman–Crippen MR) is 242 cm³/mol. The standard InChI is InChI=1S/C55H37NS/c1-4-16-39(17-5-1)45-22-11-14-26-52(45)56(43-31-28-38(29-32-43)40-30-35-54-49(36-40)48-24-12-15-27-53(48)57-54)44-33-34-47-46-23-10-13-25-50(46)55(51(47)37-44,41-18-6-2-7-19-41)42-20-8-3-9-21-42/h1-37H/i11D,14D,22D,26D. The van der Waals surface area contributed by atoms with Crippen LogP contribution in [0.25, 0.3) is 53.6 Å². The summed E-state index contributed by atoms with van der Waals surface area (Å²) < 4.78 is 39.4. The molecule has 0 amide bonds. The van der Waals surface area contributed by atoms with Gasteiger partial charge in [-0.3, -0.25) is 0 Å². The number of fused-ring (bicyclic) bond motifs is 6. The summed E-state index contributed by atoms with van der Waals surface area (Å²) in [5, 5.41) is 2.48. The first-order chi connectivity index (χ1) is 29.9. The molecule has 1 aromatic heterocycles. The van der Waals surface area contributed by atoms with Gasteiger partial charge in [-0.15, -0.1) is 11.3 Å². The Morgan fingerprint density at radius 3 is 1.77 bits per heavy atom. The van der Waals surface area contributed by atoms with E-state index in [1.54, 1.807) is 11.3 Å². The number of rotatable bonds is 7. The lowest BCUT2D eigenvalue weighted by Gasteiger charge is -2.35. The lowest BCUT2D eigenvalue weighted by molar-refractivity contribution is 0.768. The van der Waals surface area contributed by atoms with Crippen molar-refractivity contribution in [2.45, 2.75) is 5.41 Å². The van der Waals surface area contributed by atoms with Crippen molar-refractivity contribution in [1.29, 1.82) is 0 Å². The minimum Gasteiger partial charge on any atom is -0.310 e. The van der Waals surface area contributed by atoms with Crippen LogP contribution in [0.3, 0.4) is 0 Å². The Labute approximate surface area is 343 Å². The quantitative estimate of drug-likeness (QED) is 0.157. The molecule has 10 aromatic rings. The molecule has 0 radical (unpaired) electrons. The first-order valence-electron chi connectivity index (χ1n) is 21.3. The van der Waals surface area contributed by atoms with Crippen LogP contribution in [0, 0.1) is 0 Å². The lowest BCUT2D eigenvalue weighted by atomic mass is 9.67. The van der Waals surface area contributed by atoms with Gasteiger partial charge >= 0.3 is 0 Å². The largest absolute Gasteiger partial charge is 0.310 e. The number of hydrogen-bond acceptors (Lipinski definition) is 2. The third kappa shape index (κ3) is 5.37. The second-order valence-electron chi connectivity index (χ2n) is 14.5. The van der Waals surface area contributed by atoms with Crippen LogP contribution < -0.4 is 4.90 Å². The predicted octanol–water partition coefficient (Wildman–Crippen LogP) is 15.2. The zero-order valence-electron chi connectivity index (χ0n) is 34.9. The Morgan fingerprint density at radius 2 is 1.00 bits per heavy atom. The molecule has 0 spiro atoms. The highest BCUT2D eigenvalue weighted by Crippen LogP contribution is 2.57. The first kappa shape index (κ1) is 29.3. The van der Waals surface area contributed by atoms with Crippen LogP contribution in [0.15, 0.2) is 224 Å². The summed E-state index contributed by atoms with van der Waals surface area (Å²) in [4.78, 5) is 2.03. The fraction of sp³-hybridized carbons (Fsp3) is 0.0182. The summed E-state index contributed by atoms with van der Waals surface area (Å²) in [6.07, 6.45) is 0. The molecule has 1 heterocycles. The number of para-hydroxylation sites is 1. The zero-order chi connectivity index (χ0) is 41.2. The van der Waals surface area contributed by atoms with E-state index in [2.05, 4.69) is 170 Å². The third-order valence-corrected chi connectivity index (χ3v) is 12.6. The third-order valence-electron chi connectivity index (χ3n) is 11.5. The summed E-state index contributed by atoms with van der Waals surface area (Å²) in [5.74, 6) is 0. The first-order valence-corrected chi connectivity index (χ1v) is 20.1. The van der Waals surface area contributed by atoms with Gasteiger partial charge in [0, 0.05) is 37.1 Å². The topological polar surface area (TPSA) is 3.24 Å². The number of benzene rings is 9. The molecule has 0 fully saturated rings. The summed E-state index contributed by atoms with van der Waals surface area (Å²) in [5.41, 5.74) is 11.4. The minimum atomic E-state index is -0.664. The molecule has 57 heavy (non-hydrogen) atoms. The summed E-state index contributed by atoms with van der Waals surface area (Å²) in [7, 11) is 0. The lowest BCUT2D eigenvalue weighted by Crippen LogP contribution is -2.28. The van der Waals surface area contributed by atoms with Crippen LogP contribution in [-0.2, 0) is 5.41 Å². The maximum absolute atomic E-state index is 9.63. The molecule has 1 aliphatic rings. The van der Waals surface area contributed by atoms with Gasteiger partial charge in [0.1, 0.15) is 0 Å². The van der Waals surface area contributed by atoms with Gasteiger partial charge in [-0.05, 0) is 98.6 Å². The average Bonchev–Trinajstić information content (AvgIpc) is 3.84. The van der Waals surface area contributed by atoms with Gasteiger partial charge in [0.2, 0.25) is 0 Å². The molecule has 0 unspecified atom stereocenters. The van der Waals surface area contributed by atoms with E-state index in [0.29, 0.717) is 16.8 Å². The number of hydrogen-bond donors (Lipinski definition) is 0. The zero-order valence-corrected chi connectivity index (χ0v) is 31.7. The molecule has 0 N–H and O–H groups in total. The maximum Gasteiger partial charge on any atom is 0.0714 e. The van der Waals surface area contributed by atoms with Crippen LogP contribution in [0.2, 0.25) is 0 Å². The van der Waals surface area contributed by atoms with Crippen molar-refractivity contribution in [3.63, 3.8) is 0 Å². The van der Waals surface area contributed by atoms with Gasteiger partial charge < -0.3 is 4.90 Å². The summed E-state index contributed by atoms with van der Waals surface area (Å²) in [6.45, 7) is 0. The van der Waals surface area contributed by atoms with Gasteiger partial charge in [0.05, 0.1) is 16.6 Å². The van der Waals surface area contributed by atoms with E-state index >= 15 is 0 Å². The number of nitrogens with zero attached hydrogens (tertiary/aromatic N) is 1. The second-order valence-corrected chi connectivity index (χ2v) is 15.6. The van der Waals surface area contributed by atoms with Gasteiger partial charge in [-0.25, -0.2) is 0 Å². The summed E-state index contributed by atoms with van der Waals surface area (Å²) >= 11 is 1.80. The highest BCUT2D eigenvalue weighted by atomic mass is 32.1. The van der Waals surface area contributed by atoms with Gasteiger partial charge in [-0.2, -0.15) is 0 Å². The van der Waals surface area contributed by atoms with Gasteiger partial charge in [0.25, 0.3) is 0 Å². The minimum absolute atomic E-state index is 0.0865. The normalized spacial score (nSPS) is 13.7. The fourth-order valence-corrected chi connectivity index (χ4v) is 10.1. The Bertz CT molecular complexity index is 3250. The molecule has 0 saturated heterocycles. The van der Waals surface area contributed by atoms with Crippen LogP contribution >= 0.6 is 11.3 Å². The average molecular weight is 748 g/mol. The molecular formula is C55H37NS. The highest BCUT2D eigenvalue weighted by molar-refractivity contribution is 7.25. The Balaban J connectivity index is 1.17. The molecule has 0 atom stereocenters. The molecular weight excluding hydrogens is 707 g/mol. The van der Waals surface area contributed by atoms with Crippen molar-refractivity contribution in [2.24, 2.45) is 0 Å². The Morgan fingerprint density at radius 1 is 0.404 bits per heavy atom. The smallest absolute Gasteiger partial charge is 0.0714 e. The fourth-order valence-electron chi connectivity index (χ4n) is 8.97. The molecule has 0 aliphatic heterocycles. The molecule has 1 aliphatic carbocycles. The highest BCUT2D eigenvalue weighted by Gasteiger charge is 2.46. The van der Waals surface area contributed by atoms with Crippen LogP contribution in [0.4, 0.5) is 17.1 Å². The molecule has 268 valence electrons. The number of thiophene rings is 1. The molecule has 0 bridgehead atoms. The van der Waals surface area contributed by atoms with Crippen LogP contribution in [0.1, 0.15) is 27.7 Å². The van der Waals surface area contributed by atoms with E-state index in [-0.39, 0.29) is 24.2 Å². The van der Waals surface area contributed by atoms with Crippen molar-refractivity contribution in [2.75, 3.05) is 4.90 Å². The van der Waals surface area contributed by atoms with Crippen molar-refractivity contribution in [3.05, 3.63) is 247 Å². The molecule has 1 nitrogen and oxygen atoms in total. The van der Waals surface area contributed by atoms with Crippen molar-refractivity contribution in [1.82, 2.24) is 0 Å². The monoisotopic (exact) mass is 747 g/mol. The van der Waals surface area contributed by atoms with Crippen molar-refractivity contribution < 1.29 is 5.48 Å². The number of anilines is 3. The van der Waals surface area contributed by atoms with Gasteiger partial charge in [0.15, 0.2) is 0 Å². The molecule has 9 aromatic carbocycles. The van der Waals surface area contributed by atoms with Gasteiger partial charge in [-0.1, -0.05) is 176 Å². The summed E-state index contributed by atoms with van der Waals surface area (Å²) in [6, 6.07) is 68.9. The molecule has 11 rings (SSSR count). The Kier molecular flexibility index (Phi) is 7.01. The van der Waals surface area contributed by atoms with E-state index in [1.807, 2.05) is 35.2 Å².